The molecule has 126 valence electrons. The van der Waals surface area contributed by atoms with Gasteiger partial charge in [0.05, 0.1) is 11.1 Å². The second kappa shape index (κ2) is 6.31. The molecule has 1 aliphatic heterocycles. The van der Waals surface area contributed by atoms with Gasteiger partial charge in [0, 0.05) is 19.6 Å². The monoisotopic (exact) mass is 329 g/mol. The van der Waals surface area contributed by atoms with E-state index in [1.54, 1.807) is 22.8 Å². The molecule has 2 amide bonds. The van der Waals surface area contributed by atoms with Crippen molar-refractivity contribution in [2.45, 2.75) is 19.9 Å². The summed E-state index contributed by atoms with van der Waals surface area (Å²) in [5.41, 5.74) is 0.931. The third-order valence-electron chi connectivity index (χ3n) is 4.31. The zero-order chi connectivity index (χ0) is 17.2. The standard InChI is InChI=1S/C16H19N5O3/c1-16(14(22)23)5-6-20(9-16)15(24)18-8-12-3-2-4-13(7-12)21-11-17-10-19-21/h2-4,7,10-11H,5-6,8-9H2,1H3,(H,18,24)(H,22,23). The fourth-order valence-corrected chi connectivity index (χ4v) is 2.75. The number of urea groups is 1. The van der Waals surface area contributed by atoms with E-state index in [-0.39, 0.29) is 12.6 Å². The van der Waals surface area contributed by atoms with Gasteiger partial charge in [-0.1, -0.05) is 12.1 Å². The Morgan fingerprint density at radius 2 is 2.25 bits per heavy atom. The number of rotatable bonds is 4. The summed E-state index contributed by atoms with van der Waals surface area (Å²) in [5, 5.41) is 16.1. The van der Waals surface area contributed by atoms with Crippen molar-refractivity contribution in [1.29, 1.82) is 0 Å². The molecule has 0 spiro atoms. The number of carboxylic acids is 1. The van der Waals surface area contributed by atoms with E-state index in [1.165, 1.54) is 6.33 Å². The molecule has 0 aliphatic carbocycles. The van der Waals surface area contributed by atoms with Crippen molar-refractivity contribution in [3.63, 3.8) is 0 Å². The molecule has 0 radical (unpaired) electrons. The lowest BCUT2D eigenvalue weighted by molar-refractivity contribution is -0.147. The minimum absolute atomic E-state index is 0.229. The Morgan fingerprint density at radius 1 is 1.42 bits per heavy atom. The maximum Gasteiger partial charge on any atom is 0.317 e. The molecule has 1 saturated heterocycles. The van der Waals surface area contributed by atoms with Gasteiger partial charge in [-0.3, -0.25) is 4.79 Å². The van der Waals surface area contributed by atoms with Gasteiger partial charge in [0.25, 0.3) is 0 Å². The van der Waals surface area contributed by atoms with Gasteiger partial charge in [-0.25, -0.2) is 14.5 Å². The number of nitrogens with one attached hydrogen (secondary N) is 1. The van der Waals surface area contributed by atoms with E-state index in [0.29, 0.717) is 19.5 Å². The highest BCUT2D eigenvalue weighted by molar-refractivity contribution is 5.79. The Kier molecular flexibility index (Phi) is 4.20. The van der Waals surface area contributed by atoms with E-state index in [1.807, 2.05) is 24.3 Å². The maximum atomic E-state index is 12.2. The van der Waals surface area contributed by atoms with E-state index in [2.05, 4.69) is 15.4 Å². The van der Waals surface area contributed by atoms with Crippen LogP contribution in [0.1, 0.15) is 18.9 Å². The highest BCUT2D eigenvalue weighted by Gasteiger charge is 2.42. The smallest absolute Gasteiger partial charge is 0.317 e. The molecule has 3 rings (SSSR count). The minimum atomic E-state index is -0.863. The predicted octanol–water partition coefficient (Wildman–Crippen LogP) is 1.27. The zero-order valence-electron chi connectivity index (χ0n) is 13.3. The van der Waals surface area contributed by atoms with Crippen molar-refractivity contribution in [2.24, 2.45) is 5.41 Å². The van der Waals surface area contributed by atoms with Crippen molar-refractivity contribution < 1.29 is 14.7 Å². The maximum absolute atomic E-state index is 12.2. The summed E-state index contributed by atoms with van der Waals surface area (Å²) in [6, 6.07) is 7.37. The number of hydrogen-bond donors (Lipinski definition) is 2. The number of hydrogen-bond acceptors (Lipinski definition) is 4. The Hall–Kier alpha value is -2.90. The van der Waals surface area contributed by atoms with Gasteiger partial charge < -0.3 is 15.3 Å². The Bertz CT molecular complexity index is 746. The molecule has 1 fully saturated rings. The first-order chi connectivity index (χ1) is 11.5. The average molecular weight is 329 g/mol. The summed E-state index contributed by atoms with van der Waals surface area (Å²) in [6.07, 6.45) is 3.54. The van der Waals surface area contributed by atoms with Crippen molar-refractivity contribution in [1.82, 2.24) is 25.0 Å². The molecule has 1 unspecified atom stereocenters. The van der Waals surface area contributed by atoms with Gasteiger partial charge >= 0.3 is 12.0 Å². The van der Waals surface area contributed by atoms with Crippen LogP contribution in [0.15, 0.2) is 36.9 Å². The molecule has 8 heteroatoms. The first-order valence-corrected chi connectivity index (χ1v) is 7.68. The van der Waals surface area contributed by atoms with Crippen LogP contribution in [0.2, 0.25) is 0 Å². The fourth-order valence-electron chi connectivity index (χ4n) is 2.75. The summed E-state index contributed by atoms with van der Waals surface area (Å²) < 4.78 is 1.64. The highest BCUT2D eigenvalue weighted by atomic mass is 16.4. The third-order valence-corrected chi connectivity index (χ3v) is 4.31. The van der Waals surface area contributed by atoms with E-state index in [4.69, 9.17) is 0 Å². The van der Waals surface area contributed by atoms with Gasteiger partial charge in [0.2, 0.25) is 0 Å². The molecule has 1 aliphatic rings. The molecule has 2 N–H and O–H groups in total. The summed E-state index contributed by atoms with van der Waals surface area (Å²) >= 11 is 0. The molecule has 24 heavy (non-hydrogen) atoms. The number of carboxylic acid groups (broad SMARTS) is 1. The number of likely N-dealkylation sites (tertiary alicyclic amines) is 1. The van der Waals surface area contributed by atoms with Crippen molar-refractivity contribution in [2.75, 3.05) is 13.1 Å². The predicted molar refractivity (Wildman–Crippen MR) is 85.5 cm³/mol. The zero-order valence-corrected chi connectivity index (χ0v) is 13.3. The van der Waals surface area contributed by atoms with Gasteiger partial charge in [0.1, 0.15) is 12.7 Å². The normalized spacial score (nSPS) is 20.1. The van der Waals surface area contributed by atoms with E-state index in [9.17, 15) is 14.7 Å². The first-order valence-electron chi connectivity index (χ1n) is 7.68. The first kappa shape index (κ1) is 16.0. The fraction of sp³-hybridized carbons (Fsp3) is 0.375. The molecular weight excluding hydrogens is 310 g/mol. The Morgan fingerprint density at radius 3 is 2.92 bits per heavy atom. The van der Waals surface area contributed by atoms with Crippen LogP contribution in [0.5, 0.6) is 0 Å². The average Bonchev–Trinajstić information content (AvgIpc) is 3.23. The summed E-state index contributed by atoms with van der Waals surface area (Å²) in [6.45, 7) is 2.71. The van der Waals surface area contributed by atoms with Gasteiger partial charge in [-0.2, -0.15) is 5.10 Å². The SMILES string of the molecule is CC1(C(=O)O)CCN(C(=O)NCc2cccc(-n3cncn3)c2)C1. The molecule has 1 atom stereocenters. The number of carbonyl (C=O) groups is 2. The van der Waals surface area contributed by atoms with Crippen LogP contribution in [0.4, 0.5) is 4.79 Å². The highest BCUT2D eigenvalue weighted by Crippen LogP contribution is 2.29. The molecule has 0 bridgehead atoms. The molecule has 2 aromatic rings. The second-order valence-corrected chi connectivity index (χ2v) is 6.21. The number of aromatic nitrogens is 3. The summed E-state index contributed by atoms with van der Waals surface area (Å²) in [7, 11) is 0. The second-order valence-electron chi connectivity index (χ2n) is 6.21. The van der Waals surface area contributed by atoms with Crippen LogP contribution >= 0.6 is 0 Å². The number of amides is 2. The lowest BCUT2D eigenvalue weighted by Crippen LogP contribution is -2.40. The topological polar surface area (TPSA) is 100 Å². The van der Waals surface area contributed by atoms with E-state index in [0.717, 1.165) is 11.3 Å². The van der Waals surface area contributed by atoms with Crippen LogP contribution in [0, 0.1) is 5.41 Å². The number of benzene rings is 1. The van der Waals surface area contributed by atoms with Crippen molar-refractivity contribution in [3.05, 3.63) is 42.5 Å². The number of aliphatic carboxylic acids is 1. The van der Waals surface area contributed by atoms with Crippen LogP contribution < -0.4 is 5.32 Å². The van der Waals surface area contributed by atoms with Crippen LogP contribution in [0.25, 0.3) is 5.69 Å². The van der Waals surface area contributed by atoms with Crippen LogP contribution in [-0.4, -0.2) is 49.9 Å². The molecular formula is C16H19N5O3. The largest absolute Gasteiger partial charge is 0.481 e. The molecule has 1 aromatic heterocycles. The quantitative estimate of drug-likeness (QED) is 0.880. The minimum Gasteiger partial charge on any atom is -0.481 e. The summed E-state index contributed by atoms with van der Waals surface area (Å²) in [5.74, 6) is -0.863. The Balaban J connectivity index is 1.59. The van der Waals surface area contributed by atoms with E-state index >= 15 is 0 Å². The number of nitrogens with zero attached hydrogens (tertiary/aromatic N) is 4. The number of carbonyl (C=O) groups excluding carboxylic acids is 1. The van der Waals surface area contributed by atoms with Crippen LogP contribution in [0.3, 0.4) is 0 Å². The lowest BCUT2D eigenvalue weighted by Gasteiger charge is -2.20. The lowest BCUT2D eigenvalue weighted by atomic mass is 9.90. The van der Waals surface area contributed by atoms with Crippen molar-refractivity contribution in [3.8, 4) is 5.69 Å². The Labute approximate surface area is 139 Å². The molecule has 0 saturated carbocycles. The van der Waals surface area contributed by atoms with Gasteiger partial charge in [-0.05, 0) is 31.0 Å². The third kappa shape index (κ3) is 3.22. The van der Waals surface area contributed by atoms with Gasteiger partial charge in [-0.15, -0.1) is 0 Å². The van der Waals surface area contributed by atoms with E-state index < -0.39 is 11.4 Å². The molecule has 1 aromatic carbocycles. The molecule has 2 heterocycles. The summed E-state index contributed by atoms with van der Waals surface area (Å²) in [4.78, 5) is 28.9. The van der Waals surface area contributed by atoms with Crippen LogP contribution in [-0.2, 0) is 11.3 Å². The van der Waals surface area contributed by atoms with Gasteiger partial charge in [0.15, 0.2) is 0 Å². The van der Waals surface area contributed by atoms with Crippen molar-refractivity contribution >= 4 is 12.0 Å². The molecule has 8 nitrogen and oxygen atoms in total.